The highest BCUT2D eigenvalue weighted by atomic mass is 16.5. The molecule has 1 heterocycles. The van der Waals surface area contributed by atoms with E-state index in [2.05, 4.69) is 4.98 Å². The van der Waals surface area contributed by atoms with Gasteiger partial charge in [-0.05, 0) is 31.4 Å². The largest absolute Gasteiger partial charge is 0.452 e. The van der Waals surface area contributed by atoms with Crippen LogP contribution >= 0.6 is 0 Å². The number of methoxy groups -OCH3 is 1. The van der Waals surface area contributed by atoms with Crippen molar-refractivity contribution in [3.8, 4) is 0 Å². The van der Waals surface area contributed by atoms with Crippen molar-refractivity contribution in [2.75, 3.05) is 37.5 Å². The van der Waals surface area contributed by atoms with Crippen LogP contribution in [0.2, 0.25) is 0 Å². The summed E-state index contributed by atoms with van der Waals surface area (Å²) < 4.78 is 11.4. The zero-order valence-electron chi connectivity index (χ0n) is 19.1. The van der Waals surface area contributed by atoms with E-state index in [0.717, 1.165) is 16.0 Å². The fourth-order valence-electron chi connectivity index (χ4n) is 3.25. The standard InChI is InChI=1S/C22H30N4O6/c1-13(2)11-26-19(23)18(20(28)24-22(26)30)25(8-9-31-5)17(27)12-32-21(29)16-7-6-14(3)10-15(16)4/h6-7,10,13H,8-9,11-12,23H2,1-5H3,(H,24,28,30). The smallest absolute Gasteiger partial charge is 0.338 e. The van der Waals surface area contributed by atoms with Gasteiger partial charge < -0.3 is 15.2 Å². The first-order chi connectivity index (χ1) is 15.1. The number of aryl methyl sites for hydroxylation is 2. The number of carbonyl (C=O) groups excluding carboxylic acids is 2. The molecule has 0 saturated carbocycles. The van der Waals surface area contributed by atoms with E-state index in [4.69, 9.17) is 15.2 Å². The molecular weight excluding hydrogens is 416 g/mol. The van der Waals surface area contributed by atoms with Crippen molar-refractivity contribution in [2.45, 2.75) is 34.2 Å². The molecule has 0 aliphatic carbocycles. The molecule has 1 aromatic carbocycles. The van der Waals surface area contributed by atoms with Gasteiger partial charge in [0, 0.05) is 20.2 Å². The topological polar surface area (TPSA) is 137 Å². The Morgan fingerprint density at radius 1 is 1.22 bits per heavy atom. The van der Waals surface area contributed by atoms with E-state index in [-0.39, 0.29) is 37.1 Å². The number of nitrogens with two attached hydrogens (primary N) is 1. The van der Waals surface area contributed by atoms with E-state index in [0.29, 0.717) is 5.56 Å². The average molecular weight is 447 g/mol. The molecule has 0 unspecified atom stereocenters. The van der Waals surface area contributed by atoms with Gasteiger partial charge in [0.1, 0.15) is 5.82 Å². The number of aromatic amines is 1. The Balaban J connectivity index is 2.33. The number of esters is 1. The van der Waals surface area contributed by atoms with Crippen LogP contribution in [0.15, 0.2) is 27.8 Å². The third kappa shape index (κ3) is 5.85. The molecule has 0 atom stereocenters. The van der Waals surface area contributed by atoms with Crippen molar-refractivity contribution in [3.05, 3.63) is 55.7 Å². The van der Waals surface area contributed by atoms with Crippen molar-refractivity contribution in [1.29, 1.82) is 0 Å². The number of ether oxygens (including phenoxy) is 2. The normalized spacial score (nSPS) is 10.9. The van der Waals surface area contributed by atoms with Crippen molar-refractivity contribution in [2.24, 2.45) is 5.92 Å². The van der Waals surface area contributed by atoms with Crippen LogP contribution < -0.4 is 21.9 Å². The van der Waals surface area contributed by atoms with E-state index >= 15 is 0 Å². The third-order valence-corrected chi connectivity index (χ3v) is 4.78. The van der Waals surface area contributed by atoms with Gasteiger partial charge in [-0.25, -0.2) is 9.59 Å². The molecule has 2 rings (SSSR count). The summed E-state index contributed by atoms with van der Waals surface area (Å²) >= 11 is 0. The van der Waals surface area contributed by atoms with Crippen molar-refractivity contribution < 1.29 is 19.1 Å². The van der Waals surface area contributed by atoms with Gasteiger partial charge in [0.2, 0.25) is 0 Å². The van der Waals surface area contributed by atoms with Crippen LogP contribution in [-0.2, 0) is 20.8 Å². The second-order valence-electron chi connectivity index (χ2n) is 7.93. The Hall–Kier alpha value is -3.40. The predicted molar refractivity (Wildman–Crippen MR) is 121 cm³/mol. The van der Waals surface area contributed by atoms with Gasteiger partial charge in [0.05, 0.1) is 12.2 Å². The summed E-state index contributed by atoms with van der Waals surface area (Å²) in [5, 5.41) is 0. The Bertz CT molecular complexity index is 1100. The van der Waals surface area contributed by atoms with Crippen LogP contribution in [0.3, 0.4) is 0 Å². The maximum atomic E-state index is 12.9. The van der Waals surface area contributed by atoms with Gasteiger partial charge in [-0.1, -0.05) is 31.5 Å². The van der Waals surface area contributed by atoms with E-state index in [1.54, 1.807) is 19.1 Å². The van der Waals surface area contributed by atoms with Crippen LogP contribution in [0.1, 0.15) is 35.3 Å². The Kier molecular flexibility index (Phi) is 8.36. The van der Waals surface area contributed by atoms with Gasteiger partial charge in [-0.3, -0.25) is 24.0 Å². The Labute approximate surface area is 185 Å². The maximum absolute atomic E-state index is 12.9. The SMILES string of the molecule is COCCN(C(=O)COC(=O)c1ccc(C)cc1C)c1c(N)n(CC(C)C)c(=O)[nH]c1=O. The molecule has 0 saturated heterocycles. The van der Waals surface area contributed by atoms with Crippen LogP contribution in [0.4, 0.5) is 11.5 Å². The Morgan fingerprint density at radius 2 is 1.91 bits per heavy atom. The van der Waals surface area contributed by atoms with Gasteiger partial charge in [0.25, 0.3) is 11.5 Å². The molecule has 174 valence electrons. The summed E-state index contributed by atoms with van der Waals surface area (Å²) in [5.74, 6) is -1.41. The second kappa shape index (κ2) is 10.8. The summed E-state index contributed by atoms with van der Waals surface area (Å²) in [4.78, 5) is 53.4. The maximum Gasteiger partial charge on any atom is 0.338 e. The van der Waals surface area contributed by atoms with E-state index in [1.807, 2.05) is 26.8 Å². The van der Waals surface area contributed by atoms with Crippen LogP contribution in [0.5, 0.6) is 0 Å². The predicted octanol–water partition coefficient (Wildman–Crippen LogP) is 1.23. The summed E-state index contributed by atoms with van der Waals surface area (Å²) in [6.07, 6.45) is 0. The lowest BCUT2D eigenvalue weighted by atomic mass is 10.1. The zero-order chi connectivity index (χ0) is 24.0. The first-order valence-corrected chi connectivity index (χ1v) is 10.2. The van der Waals surface area contributed by atoms with E-state index in [9.17, 15) is 19.2 Å². The molecule has 0 aliphatic rings. The summed E-state index contributed by atoms with van der Waals surface area (Å²) in [5.41, 5.74) is 6.53. The second-order valence-corrected chi connectivity index (χ2v) is 7.93. The minimum Gasteiger partial charge on any atom is -0.452 e. The number of nitrogens with zero attached hydrogens (tertiary/aromatic N) is 2. The molecule has 1 aromatic heterocycles. The molecule has 0 fully saturated rings. The number of amides is 1. The van der Waals surface area contributed by atoms with Gasteiger partial charge in [0.15, 0.2) is 12.3 Å². The molecule has 0 bridgehead atoms. The molecule has 0 spiro atoms. The minimum absolute atomic E-state index is 0.0242. The van der Waals surface area contributed by atoms with Crippen molar-refractivity contribution >= 4 is 23.4 Å². The summed E-state index contributed by atoms with van der Waals surface area (Å²) in [6.45, 7) is 7.16. The first-order valence-electron chi connectivity index (χ1n) is 10.2. The van der Waals surface area contributed by atoms with Gasteiger partial charge >= 0.3 is 11.7 Å². The number of rotatable bonds is 9. The fourth-order valence-corrected chi connectivity index (χ4v) is 3.25. The third-order valence-electron chi connectivity index (χ3n) is 4.78. The lowest BCUT2D eigenvalue weighted by Crippen LogP contribution is -2.44. The van der Waals surface area contributed by atoms with Gasteiger partial charge in [-0.2, -0.15) is 0 Å². The molecule has 10 nitrogen and oxygen atoms in total. The molecule has 0 aliphatic heterocycles. The highest BCUT2D eigenvalue weighted by Crippen LogP contribution is 2.18. The van der Waals surface area contributed by atoms with Crippen LogP contribution in [0.25, 0.3) is 0 Å². The van der Waals surface area contributed by atoms with Crippen molar-refractivity contribution in [1.82, 2.24) is 9.55 Å². The summed E-state index contributed by atoms with van der Waals surface area (Å²) in [6, 6.07) is 5.24. The lowest BCUT2D eigenvalue weighted by Gasteiger charge is -2.24. The number of anilines is 2. The molecule has 10 heteroatoms. The molecular formula is C22H30N4O6. The fraction of sp³-hybridized carbons (Fsp3) is 0.455. The van der Waals surface area contributed by atoms with E-state index < -0.39 is 29.7 Å². The monoisotopic (exact) mass is 446 g/mol. The number of carbonyl (C=O) groups is 2. The quantitative estimate of drug-likeness (QED) is 0.553. The Morgan fingerprint density at radius 3 is 2.50 bits per heavy atom. The number of benzene rings is 1. The summed E-state index contributed by atoms with van der Waals surface area (Å²) in [7, 11) is 1.44. The first kappa shape index (κ1) is 24.9. The zero-order valence-corrected chi connectivity index (χ0v) is 19.1. The highest BCUT2D eigenvalue weighted by molar-refractivity contribution is 5.99. The number of hydrogen-bond donors (Lipinski definition) is 2. The molecule has 3 N–H and O–H groups in total. The number of H-pyrrole nitrogens is 1. The minimum atomic E-state index is -0.808. The lowest BCUT2D eigenvalue weighted by molar-refractivity contribution is -0.121. The number of hydrogen-bond acceptors (Lipinski definition) is 7. The number of nitrogen functional groups attached to an aromatic ring is 1. The average Bonchev–Trinajstić information content (AvgIpc) is 2.71. The van der Waals surface area contributed by atoms with Crippen LogP contribution in [0, 0.1) is 19.8 Å². The molecule has 0 radical (unpaired) electrons. The molecule has 1 amide bonds. The van der Waals surface area contributed by atoms with E-state index in [1.165, 1.54) is 11.7 Å². The molecule has 32 heavy (non-hydrogen) atoms. The number of nitrogens with one attached hydrogen (secondary N) is 1. The van der Waals surface area contributed by atoms with Crippen LogP contribution in [-0.4, -0.2) is 48.3 Å². The van der Waals surface area contributed by atoms with Crippen molar-refractivity contribution in [3.63, 3.8) is 0 Å². The number of aromatic nitrogens is 2. The molecule has 2 aromatic rings. The van der Waals surface area contributed by atoms with Gasteiger partial charge in [-0.15, -0.1) is 0 Å². The highest BCUT2D eigenvalue weighted by Gasteiger charge is 2.25.